The molecule has 0 bridgehead atoms. The molecule has 0 aliphatic rings. The van der Waals surface area contributed by atoms with Crippen molar-refractivity contribution in [3.63, 3.8) is 0 Å². The van der Waals surface area contributed by atoms with E-state index in [0.717, 1.165) is 133 Å². The topological polar surface area (TPSA) is 120 Å². The number of nitrogens with zero attached hydrogens (tertiary/aromatic N) is 8. The molecule has 12 nitrogen and oxygen atoms in total. The van der Waals surface area contributed by atoms with Gasteiger partial charge in [0.05, 0.1) is 22.3 Å². The number of benzene rings is 8. The highest BCUT2D eigenvalue weighted by atomic mass is 16.4. The van der Waals surface area contributed by atoms with Gasteiger partial charge in [-0.3, -0.25) is 0 Å². The molecule has 8 aromatic carbocycles. The Balaban J connectivity index is 0.000000111. The van der Waals surface area contributed by atoms with Crippen molar-refractivity contribution in [2.75, 3.05) is 0 Å². The lowest BCUT2D eigenvalue weighted by Gasteiger charge is -2.11. The average Bonchev–Trinajstić information content (AvgIpc) is 1.58. The zero-order valence-corrected chi connectivity index (χ0v) is 68.6. The molecule has 12 heterocycles. The van der Waals surface area contributed by atoms with E-state index < -0.39 is 0 Å². The predicted octanol–water partition coefficient (Wildman–Crippen LogP) is 24.3. The summed E-state index contributed by atoms with van der Waals surface area (Å²) in [5.41, 5.74) is 38.9. The highest BCUT2D eigenvalue weighted by Crippen LogP contribution is 2.44. The van der Waals surface area contributed by atoms with E-state index >= 15 is 0 Å². The molecule has 0 aliphatic heterocycles. The first-order valence-electron chi connectivity index (χ1n) is 39.5. The van der Waals surface area contributed by atoms with Gasteiger partial charge in [0.15, 0.2) is 47.1 Å². The van der Waals surface area contributed by atoms with Crippen LogP contribution in [-0.4, -0.2) is 19.9 Å². The van der Waals surface area contributed by atoms with Crippen LogP contribution in [0.4, 0.5) is 0 Å². The van der Waals surface area contributed by atoms with Crippen LogP contribution in [-0.2, 0) is 28.2 Å². The first-order valence-corrected chi connectivity index (χ1v) is 39.5. The number of rotatable bonds is 8. The molecule has 20 aromatic rings. The standard InChI is InChI=1S/C27H25N2O.2C26H23N2O.C25H21N2O/c1-16-14-23(29(5)15-22(16)20-9-7-6-8-10-20)25-18(3)13-17(2)24-21-12-11-19(4)28-27(21)30-26(24)25;2*1-16-10-12-20-21-13-11-18(3)27-26(21)29-25(20)24(16)23-14-17(2)22(15-28(23)4)19-8-6-5-7-9-19;1-16-9-12-20-21-13-10-17(2)26-25(21)28-24(20)23(16)22-14-11-19(15-27(22)3)18-7-5-4-6-8-18/h6-15H,1-5H3;2*5-15H,1-4H3;4-15H,1-3H3/q4*+1. The Labute approximate surface area is 675 Å². The van der Waals surface area contributed by atoms with E-state index in [4.69, 9.17) is 17.7 Å². The third-order valence-corrected chi connectivity index (χ3v) is 22.7. The number of pyridine rings is 8. The number of aromatic nitrogens is 8. The second-order valence-corrected chi connectivity index (χ2v) is 31.1. The van der Waals surface area contributed by atoms with Crippen molar-refractivity contribution in [2.45, 2.75) is 83.1 Å². The van der Waals surface area contributed by atoms with Gasteiger partial charge in [-0.15, -0.1) is 0 Å². The predicted molar refractivity (Wildman–Crippen MR) is 471 cm³/mol. The zero-order valence-electron chi connectivity index (χ0n) is 68.6. The molecule has 568 valence electrons. The molecule has 0 saturated carbocycles. The monoisotopic (exact) mass is 1520 g/mol. The summed E-state index contributed by atoms with van der Waals surface area (Å²) in [6.45, 7) is 25.2. The van der Waals surface area contributed by atoms with Crippen molar-refractivity contribution in [3.8, 4) is 89.5 Å². The molecule has 0 N–H and O–H groups in total. The van der Waals surface area contributed by atoms with Gasteiger partial charge >= 0.3 is 0 Å². The van der Waals surface area contributed by atoms with Crippen LogP contribution in [0.15, 0.2) is 285 Å². The summed E-state index contributed by atoms with van der Waals surface area (Å²) < 4.78 is 34.0. The molecule has 0 aliphatic carbocycles. The van der Waals surface area contributed by atoms with Crippen LogP contribution in [0.2, 0.25) is 0 Å². The minimum atomic E-state index is 0.699. The van der Waals surface area contributed by atoms with E-state index in [1.165, 1.54) is 89.0 Å². The third kappa shape index (κ3) is 13.9. The van der Waals surface area contributed by atoms with Gasteiger partial charge in [0, 0.05) is 112 Å². The van der Waals surface area contributed by atoms with E-state index in [9.17, 15) is 0 Å². The molecule has 20 rings (SSSR count). The number of aryl methyl sites for hydroxylation is 16. The molecule has 12 heteroatoms. The molecule has 0 spiro atoms. The van der Waals surface area contributed by atoms with Crippen molar-refractivity contribution >= 4 is 88.3 Å². The lowest BCUT2D eigenvalue weighted by Crippen LogP contribution is -2.31. The van der Waals surface area contributed by atoms with E-state index in [2.05, 4.69) is 365 Å². The fourth-order valence-electron chi connectivity index (χ4n) is 16.7. The maximum absolute atomic E-state index is 6.37. The molecule has 0 radical (unpaired) electrons. The maximum Gasteiger partial charge on any atom is 0.227 e. The highest BCUT2D eigenvalue weighted by molar-refractivity contribution is 6.13. The van der Waals surface area contributed by atoms with Gasteiger partial charge in [-0.05, 0) is 204 Å². The van der Waals surface area contributed by atoms with Crippen molar-refractivity contribution in [3.05, 3.63) is 335 Å². The summed E-state index contributed by atoms with van der Waals surface area (Å²) in [5, 5.41) is 8.74. The van der Waals surface area contributed by atoms with Gasteiger partial charge in [-0.1, -0.05) is 164 Å². The van der Waals surface area contributed by atoms with E-state index in [-0.39, 0.29) is 0 Å². The molecule has 0 saturated heterocycles. The summed E-state index contributed by atoms with van der Waals surface area (Å²) in [6.07, 6.45) is 8.82. The molecule has 0 unspecified atom stereocenters. The zero-order chi connectivity index (χ0) is 80.5. The van der Waals surface area contributed by atoms with Gasteiger partial charge in [-0.25, -0.2) is 38.2 Å². The number of hydrogen-bond donors (Lipinski definition) is 0. The minimum absolute atomic E-state index is 0.699. The molecule has 0 amide bonds. The molecule has 116 heavy (non-hydrogen) atoms. The highest BCUT2D eigenvalue weighted by Gasteiger charge is 2.29. The number of furan rings is 4. The Morgan fingerprint density at radius 1 is 0.216 bits per heavy atom. The first kappa shape index (κ1) is 74.9. The normalized spacial score (nSPS) is 11.4. The molecule has 0 fully saturated rings. The first-order chi connectivity index (χ1) is 56.1. The lowest BCUT2D eigenvalue weighted by atomic mass is 9.95. The third-order valence-electron chi connectivity index (χ3n) is 22.7. The molecule has 12 aromatic heterocycles. The van der Waals surface area contributed by atoms with Gasteiger partial charge in [0.25, 0.3) is 0 Å². The maximum atomic E-state index is 6.37. The quantitative estimate of drug-likeness (QED) is 0.138. The Bertz CT molecular complexity index is 7040. The van der Waals surface area contributed by atoms with Crippen molar-refractivity contribution < 1.29 is 35.9 Å². The number of hydrogen-bond acceptors (Lipinski definition) is 8. The second kappa shape index (κ2) is 30.6. The molecule has 0 atom stereocenters. The summed E-state index contributed by atoms with van der Waals surface area (Å²) in [7, 11) is 8.40. The average molecular weight is 1520 g/mol. The SMILES string of the molecule is Cc1ccc2c(n1)oc1c(-c3cc(C)c(-c4ccccc4)c[n+]3C)c(C)cc(C)c12.Cc1ccc2c(n1)oc1c(-c3cc(C)c(-c4ccccc4)c[n+]3C)c(C)ccc12.Cc1ccc2c(n1)oc1c(-c3cc(C)c(-c4ccccc4)c[n+]3C)c(C)ccc12.Cc1ccc2c(n1)oc1c(-c3ccc(-c4ccccc4)c[n+]3C)c(C)ccc12. The van der Waals surface area contributed by atoms with Crippen molar-refractivity contribution in [2.24, 2.45) is 28.2 Å². The Morgan fingerprint density at radius 3 is 0.862 bits per heavy atom. The van der Waals surface area contributed by atoms with E-state index in [1.807, 2.05) is 52.0 Å². The summed E-state index contributed by atoms with van der Waals surface area (Å²) in [4.78, 5) is 18.4. The number of fused-ring (bicyclic) bond motifs is 12. The van der Waals surface area contributed by atoms with Crippen LogP contribution in [0.5, 0.6) is 0 Å². The summed E-state index contributed by atoms with van der Waals surface area (Å²) in [6, 6.07) is 84.9. The fraction of sp³-hybridized carbons (Fsp3) is 0.154. The van der Waals surface area contributed by atoms with Crippen LogP contribution in [0, 0.1) is 83.1 Å². The van der Waals surface area contributed by atoms with Crippen LogP contribution < -0.4 is 18.3 Å². The van der Waals surface area contributed by atoms with Gasteiger partial charge < -0.3 is 17.7 Å². The van der Waals surface area contributed by atoms with Crippen molar-refractivity contribution in [1.29, 1.82) is 0 Å². The van der Waals surface area contributed by atoms with Crippen molar-refractivity contribution in [1.82, 2.24) is 19.9 Å². The van der Waals surface area contributed by atoms with E-state index in [0.29, 0.717) is 22.9 Å². The van der Waals surface area contributed by atoms with Crippen LogP contribution in [0.1, 0.15) is 67.3 Å². The van der Waals surface area contributed by atoms with Crippen LogP contribution in [0.3, 0.4) is 0 Å². The Morgan fingerprint density at radius 2 is 0.509 bits per heavy atom. The van der Waals surface area contributed by atoms with Crippen LogP contribution in [0.25, 0.3) is 178 Å². The Hall–Kier alpha value is -13.8. The van der Waals surface area contributed by atoms with Crippen LogP contribution >= 0.6 is 0 Å². The molecular weight excluding hydrogens is 1430 g/mol. The fourth-order valence-corrected chi connectivity index (χ4v) is 16.7. The lowest BCUT2D eigenvalue weighted by molar-refractivity contribution is -0.660. The van der Waals surface area contributed by atoms with Gasteiger partial charge in [-0.2, -0.15) is 0 Å². The second-order valence-electron chi connectivity index (χ2n) is 31.1. The summed E-state index contributed by atoms with van der Waals surface area (Å²) >= 11 is 0. The largest absolute Gasteiger partial charge is 0.437 e. The minimum Gasteiger partial charge on any atom is -0.437 e. The smallest absolute Gasteiger partial charge is 0.227 e. The van der Waals surface area contributed by atoms with Gasteiger partial charge in [0.2, 0.25) is 45.6 Å². The van der Waals surface area contributed by atoms with E-state index in [1.54, 1.807) is 0 Å². The Kier molecular flexibility index (Phi) is 19.7. The van der Waals surface area contributed by atoms with Gasteiger partial charge in [0.1, 0.15) is 28.2 Å². The summed E-state index contributed by atoms with van der Waals surface area (Å²) in [5.74, 6) is 0. The molecular formula is C104H92N8O4+4.